The molecule has 1 saturated heterocycles. The van der Waals surface area contributed by atoms with Crippen LogP contribution >= 0.6 is 0 Å². The number of hydrogen-bond acceptors (Lipinski definition) is 3. The molecule has 0 saturated carbocycles. The van der Waals surface area contributed by atoms with Crippen LogP contribution in [-0.2, 0) is 9.59 Å². The van der Waals surface area contributed by atoms with E-state index in [-0.39, 0.29) is 18.4 Å². The van der Waals surface area contributed by atoms with Crippen molar-refractivity contribution < 1.29 is 9.59 Å². The minimum Gasteiger partial charge on any atom is -0.343 e. The van der Waals surface area contributed by atoms with Gasteiger partial charge < -0.3 is 10.2 Å². The summed E-state index contributed by atoms with van der Waals surface area (Å²) in [5.74, 6) is -0.182. The van der Waals surface area contributed by atoms with Gasteiger partial charge in [-0.05, 0) is 30.7 Å². The van der Waals surface area contributed by atoms with Crippen LogP contribution in [0.4, 0.5) is 5.69 Å². The van der Waals surface area contributed by atoms with Gasteiger partial charge in [0.2, 0.25) is 11.8 Å². The normalized spacial score (nSPS) is 19.2. The van der Waals surface area contributed by atoms with Crippen molar-refractivity contribution >= 4 is 28.4 Å². The summed E-state index contributed by atoms with van der Waals surface area (Å²) in [6.45, 7) is 1.96. The van der Waals surface area contributed by atoms with Crippen LogP contribution in [0.5, 0.6) is 0 Å². The summed E-state index contributed by atoms with van der Waals surface area (Å²) in [6.07, 6.45) is 2.32. The molecule has 2 amide bonds. The Balaban J connectivity index is 2.00. The first kappa shape index (κ1) is 12.6. The number of nitrogens with one attached hydrogen (secondary N) is 1. The third kappa shape index (κ3) is 2.11. The van der Waals surface area contributed by atoms with Gasteiger partial charge in [0.15, 0.2) is 0 Å². The molecule has 1 fully saturated rings. The first-order valence-corrected chi connectivity index (χ1v) is 6.64. The highest BCUT2D eigenvalue weighted by Gasteiger charge is 2.32. The second-order valence-corrected chi connectivity index (χ2v) is 4.83. The molecule has 102 valence electrons. The van der Waals surface area contributed by atoms with Crippen LogP contribution < -0.4 is 10.2 Å². The smallest absolute Gasteiger partial charge is 0.250 e. The lowest BCUT2D eigenvalue weighted by atomic mass is 10.1. The summed E-state index contributed by atoms with van der Waals surface area (Å²) in [5.41, 5.74) is 1.61. The third-order valence-electron chi connectivity index (χ3n) is 3.51. The van der Waals surface area contributed by atoms with E-state index in [1.165, 1.54) is 0 Å². The molecule has 5 nitrogen and oxygen atoms in total. The van der Waals surface area contributed by atoms with Crippen LogP contribution in [0.2, 0.25) is 0 Å². The number of anilines is 1. The Morgan fingerprint density at radius 1 is 1.35 bits per heavy atom. The average Bonchev–Trinajstić information content (AvgIpc) is 2.48. The molecule has 1 N–H and O–H groups in total. The van der Waals surface area contributed by atoms with E-state index in [9.17, 15) is 9.59 Å². The predicted molar refractivity (Wildman–Crippen MR) is 76.3 cm³/mol. The van der Waals surface area contributed by atoms with Crippen molar-refractivity contribution in [3.63, 3.8) is 0 Å². The van der Waals surface area contributed by atoms with Crippen LogP contribution in [0.25, 0.3) is 10.9 Å². The Morgan fingerprint density at radius 3 is 3.00 bits per heavy atom. The highest BCUT2D eigenvalue weighted by molar-refractivity contribution is 6.07. The maximum Gasteiger partial charge on any atom is 0.250 e. The summed E-state index contributed by atoms with van der Waals surface area (Å²) in [7, 11) is 0. The van der Waals surface area contributed by atoms with Crippen molar-refractivity contribution in [3.8, 4) is 0 Å². The van der Waals surface area contributed by atoms with Gasteiger partial charge in [0.05, 0.1) is 5.52 Å². The second-order valence-electron chi connectivity index (χ2n) is 4.83. The van der Waals surface area contributed by atoms with Gasteiger partial charge in [-0.1, -0.05) is 13.0 Å². The topological polar surface area (TPSA) is 62.3 Å². The number of fused-ring (bicyclic) bond motifs is 1. The minimum absolute atomic E-state index is 0.0599. The van der Waals surface area contributed by atoms with E-state index in [0.29, 0.717) is 6.42 Å². The Morgan fingerprint density at radius 2 is 2.20 bits per heavy atom. The molecule has 1 aromatic heterocycles. The molecule has 2 aromatic rings. The van der Waals surface area contributed by atoms with Gasteiger partial charge >= 0.3 is 0 Å². The molecule has 0 bridgehead atoms. The largest absolute Gasteiger partial charge is 0.343 e. The first-order valence-electron chi connectivity index (χ1n) is 6.64. The van der Waals surface area contributed by atoms with Crippen LogP contribution in [0.3, 0.4) is 0 Å². The molecular formula is C15H15N3O2. The fourth-order valence-corrected chi connectivity index (χ4v) is 2.44. The summed E-state index contributed by atoms with van der Waals surface area (Å²) < 4.78 is 0. The summed E-state index contributed by atoms with van der Waals surface area (Å²) in [4.78, 5) is 29.8. The molecule has 0 radical (unpaired) electrons. The molecule has 1 aliphatic rings. The van der Waals surface area contributed by atoms with Gasteiger partial charge in [0.25, 0.3) is 0 Å². The summed E-state index contributed by atoms with van der Waals surface area (Å²) in [6, 6.07) is 8.96. The Labute approximate surface area is 116 Å². The molecule has 1 atom stereocenters. The van der Waals surface area contributed by atoms with Crippen molar-refractivity contribution in [2.24, 2.45) is 0 Å². The third-order valence-corrected chi connectivity index (χ3v) is 3.51. The number of nitrogens with zero attached hydrogens (tertiary/aromatic N) is 2. The number of piperazine rings is 1. The lowest BCUT2D eigenvalue weighted by Gasteiger charge is -2.32. The zero-order valence-electron chi connectivity index (χ0n) is 11.2. The fourth-order valence-electron chi connectivity index (χ4n) is 2.44. The van der Waals surface area contributed by atoms with Crippen LogP contribution in [0.15, 0.2) is 36.5 Å². The van der Waals surface area contributed by atoms with Crippen LogP contribution in [-0.4, -0.2) is 29.4 Å². The van der Waals surface area contributed by atoms with Gasteiger partial charge in [-0.15, -0.1) is 0 Å². The number of pyridine rings is 1. The van der Waals surface area contributed by atoms with E-state index >= 15 is 0 Å². The molecule has 1 aromatic carbocycles. The standard InChI is InChI=1S/C15H15N3O2/c1-2-12-15(20)18(9-14(19)17-12)11-5-6-13-10(8-11)4-3-7-16-13/h3-8,12H,2,9H2,1H3,(H,17,19). The molecule has 2 heterocycles. The number of amides is 2. The van der Waals surface area contributed by atoms with E-state index in [0.717, 1.165) is 16.6 Å². The average molecular weight is 269 g/mol. The summed E-state index contributed by atoms with van der Waals surface area (Å²) in [5, 5.41) is 3.67. The van der Waals surface area contributed by atoms with E-state index in [1.54, 1.807) is 11.1 Å². The molecule has 3 rings (SSSR count). The molecule has 5 heteroatoms. The lowest BCUT2D eigenvalue weighted by Crippen LogP contribution is -2.58. The van der Waals surface area contributed by atoms with Gasteiger partial charge in [0.1, 0.15) is 12.6 Å². The van der Waals surface area contributed by atoms with Gasteiger partial charge in [-0.2, -0.15) is 0 Å². The molecule has 20 heavy (non-hydrogen) atoms. The SMILES string of the molecule is CCC1NC(=O)CN(c2ccc3ncccc3c2)C1=O. The number of rotatable bonds is 2. The van der Waals surface area contributed by atoms with Crippen molar-refractivity contribution in [2.75, 3.05) is 11.4 Å². The van der Waals surface area contributed by atoms with Crippen molar-refractivity contribution in [1.29, 1.82) is 0 Å². The lowest BCUT2D eigenvalue weighted by molar-refractivity contribution is -0.131. The maximum absolute atomic E-state index is 12.3. The van der Waals surface area contributed by atoms with E-state index in [4.69, 9.17) is 0 Å². The number of carbonyl (C=O) groups is 2. The Hall–Kier alpha value is -2.43. The Kier molecular flexibility index (Phi) is 3.10. The molecule has 0 aliphatic carbocycles. The zero-order valence-corrected chi connectivity index (χ0v) is 11.2. The van der Waals surface area contributed by atoms with Crippen LogP contribution in [0.1, 0.15) is 13.3 Å². The van der Waals surface area contributed by atoms with E-state index in [2.05, 4.69) is 10.3 Å². The van der Waals surface area contributed by atoms with E-state index in [1.807, 2.05) is 37.3 Å². The van der Waals surface area contributed by atoms with Gasteiger partial charge in [-0.25, -0.2) is 0 Å². The van der Waals surface area contributed by atoms with Crippen molar-refractivity contribution in [3.05, 3.63) is 36.5 Å². The van der Waals surface area contributed by atoms with Gasteiger partial charge in [0, 0.05) is 17.3 Å². The summed E-state index contributed by atoms with van der Waals surface area (Å²) >= 11 is 0. The predicted octanol–water partition coefficient (Wildman–Crippen LogP) is 1.48. The Bertz CT molecular complexity index is 684. The second kappa shape index (κ2) is 4.92. The van der Waals surface area contributed by atoms with Crippen molar-refractivity contribution in [1.82, 2.24) is 10.3 Å². The van der Waals surface area contributed by atoms with E-state index < -0.39 is 6.04 Å². The number of aromatic nitrogens is 1. The van der Waals surface area contributed by atoms with Gasteiger partial charge in [-0.3, -0.25) is 14.6 Å². The molecule has 1 unspecified atom stereocenters. The molecule has 1 aliphatic heterocycles. The minimum atomic E-state index is -0.430. The number of benzene rings is 1. The maximum atomic E-state index is 12.3. The zero-order chi connectivity index (χ0) is 14.1. The highest BCUT2D eigenvalue weighted by Crippen LogP contribution is 2.23. The first-order chi connectivity index (χ1) is 9.69. The molecule has 0 spiro atoms. The highest BCUT2D eigenvalue weighted by atomic mass is 16.2. The van der Waals surface area contributed by atoms with Crippen LogP contribution in [0, 0.1) is 0 Å². The number of carbonyl (C=O) groups excluding carboxylic acids is 2. The van der Waals surface area contributed by atoms with Crippen molar-refractivity contribution in [2.45, 2.75) is 19.4 Å². The molecular weight excluding hydrogens is 254 g/mol. The monoisotopic (exact) mass is 269 g/mol. The fraction of sp³-hybridized carbons (Fsp3) is 0.267. The quantitative estimate of drug-likeness (QED) is 0.898. The number of hydrogen-bond donors (Lipinski definition) is 1.